The predicted molar refractivity (Wildman–Crippen MR) is 50.1 cm³/mol. The van der Waals surface area contributed by atoms with Gasteiger partial charge in [0, 0.05) is 12.2 Å². The molecule has 1 aromatic carbocycles. The Hall–Kier alpha value is -1.49. The molecule has 62 valence electrons. The van der Waals surface area contributed by atoms with E-state index in [9.17, 15) is 0 Å². The number of nitrogens with one attached hydrogen (secondary N) is 1. The molecule has 1 aromatic rings. The molecule has 1 N–H and O–H groups in total. The zero-order valence-corrected chi connectivity index (χ0v) is 7.39. The average molecular weight is 160 g/mol. The highest BCUT2D eigenvalue weighted by atomic mass is 14.9. The minimum Gasteiger partial charge on any atom is -0.385 e. The van der Waals surface area contributed by atoms with Gasteiger partial charge in [-0.05, 0) is 37.6 Å². The van der Waals surface area contributed by atoms with Gasteiger partial charge in [0.05, 0.1) is 11.6 Å². The summed E-state index contributed by atoms with van der Waals surface area (Å²) in [6, 6.07) is 7.76. The van der Waals surface area contributed by atoms with E-state index in [0.29, 0.717) is 5.56 Å². The van der Waals surface area contributed by atoms with Crippen molar-refractivity contribution in [2.45, 2.75) is 13.8 Å². The molecule has 0 saturated heterocycles. The molecule has 0 radical (unpaired) electrons. The molecule has 2 nitrogen and oxygen atoms in total. The summed E-state index contributed by atoms with van der Waals surface area (Å²) in [6.45, 7) is 4.96. The molecule has 0 unspecified atom stereocenters. The van der Waals surface area contributed by atoms with Gasteiger partial charge in [0.25, 0.3) is 0 Å². The van der Waals surface area contributed by atoms with Crippen molar-refractivity contribution in [2.24, 2.45) is 0 Å². The molecule has 0 bridgehead atoms. The Morgan fingerprint density at radius 2 is 2.25 bits per heavy atom. The molecule has 0 aliphatic heterocycles. The van der Waals surface area contributed by atoms with Crippen LogP contribution in [0, 0.1) is 18.3 Å². The Labute approximate surface area is 72.8 Å². The Morgan fingerprint density at radius 3 is 2.75 bits per heavy atom. The summed E-state index contributed by atoms with van der Waals surface area (Å²) in [7, 11) is 0. The van der Waals surface area contributed by atoms with Gasteiger partial charge in [-0.15, -0.1) is 0 Å². The summed E-state index contributed by atoms with van der Waals surface area (Å²) in [5.41, 5.74) is 2.95. The smallest absolute Gasteiger partial charge is 0.0991 e. The van der Waals surface area contributed by atoms with Crippen LogP contribution in [0.15, 0.2) is 18.2 Å². The molecular weight excluding hydrogens is 148 g/mol. The molecule has 1 rings (SSSR count). The second-order valence-electron chi connectivity index (χ2n) is 2.67. The lowest BCUT2D eigenvalue weighted by molar-refractivity contribution is 1.20. The maximum Gasteiger partial charge on any atom is 0.0991 e. The molecule has 0 aromatic heterocycles. The molecule has 0 atom stereocenters. The van der Waals surface area contributed by atoms with Crippen LogP contribution < -0.4 is 5.32 Å². The lowest BCUT2D eigenvalue weighted by Gasteiger charge is -2.06. The van der Waals surface area contributed by atoms with Crippen molar-refractivity contribution in [1.29, 1.82) is 5.26 Å². The standard InChI is InChI=1S/C10H12N2/c1-3-12-10-5-4-9(7-11)6-8(10)2/h4-6,12H,3H2,1-2H3. The minimum atomic E-state index is 0.717. The van der Waals surface area contributed by atoms with Gasteiger partial charge in [0.15, 0.2) is 0 Å². The van der Waals surface area contributed by atoms with Gasteiger partial charge >= 0.3 is 0 Å². The number of hydrogen-bond acceptors (Lipinski definition) is 2. The van der Waals surface area contributed by atoms with E-state index in [1.807, 2.05) is 25.1 Å². The van der Waals surface area contributed by atoms with Crippen LogP contribution in [-0.2, 0) is 0 Å². The first kappa shape index (κ1) is 8.61. The zero-order valence-electron chi connectivity index (χ0n) is 7.39. The van der Waals surface area contributed by atoms with Crippen LogP contribution in [0.5, 0.6) is 0 Å². The number of nitriles is 1. The van der Waals surface area contributed by atoms with Crippen LogP contribution >= 0.6 is 0 Å². The maximum atomic E-state index is 8.61. The van der Waals surface area contributed by atoms with Crippen molar-refractivity contribution in [3.8, 4) is 6.07 Å². The predicted octanol–water partition coefficient (Wildman–Crippen LogP) is 2.30. The summed E-state index contributed by atoms with van der Waals surface area (Å²) in [5, 5.41) is 11.8. The molecule has 0 fully saturated rings. The lowest BCUT2D eigenvalue weighted by atomic mass is 10.1. The van der Waals surface area contributed by atoms with Crippen molar-refractivity contribution in [3.63, 3.8) is 0 Å². The fourth-order valence-corrected chi connectivity index (χ4v) is 1.12. The first-order valence-electron chi connectivity index (χ1n) is 4.02. The van der Waals surface area contributed by atoms with E-state index < -0.39 is 0 Å². The first-order chi connectivity index (χ1) is 5.77. The third-order valence-electron chi connectivity index (χ3n) is 1.72. The average Bonchev–Trinajstić information content (AvgIpc) is 2.09. The highest BCUT2D eigenvalue weighted by Gasteiger charge is 1.96. The maximum absolute atomic E-state index is 8.61. The third-order valence-corrected chi connectivity index (χ3v) is 1.72. The number of rotatable bonds is 2. The van der Waals surface area contributed by atoms with Gasteiger partial charge in [-0.25, -0.2) is 0 Å². The first-order valence-corrected chi connectivity index (χ1v) is 4.02. The molecule has 2 heteroatoms. The van der Waals surface area contributed by atoms with Crippen LogP contribution in [0.3, 0.4) is 0 Å². The molecule has 0 heterocycles. The number of aryl methyl sites for hydroxylation is 1. The van der Waals surface area contributed by atoms with E-state index in [-0.39, 0.29) is 0 Å². The minimum absolute atomic E-state index is 0.717. The van der Waals surface area contributed by atoms with Crippen molar-refractivity contribution < 1.29 is 0 Å². The summed E-state index contributed by atoms with van der Waals surface area (Å²) in [6.07, 6.45) is 0. The Balaban J connectivity index is 2.97. The van der Waals surface area contributed by atoms with Crippen LogP contribution in [0.1, 0.15) is 18.1 Å². The fraction of sp³-hybridized carbons (Fsp3) is 0.300. The molecule has 0 aliphatic rings. The summed E-state index contributed by atoms with van der Waals surface area (Å²) >= 11 is 0. The van der Waals surface area contributed by atoms with E-state index in [0.717, 1.165) is 17.8 Å². The van der Waals surface area contributed by atoms with Gasteiger partial charge in [0.1, 0.15) is 0 Å². The molecular formula is C10H12N2. The second-order valence-corrected chi connectivity index (χ2v) is 2.67. The molecule has 0 amide bonds. The van der Waals surface area contributed by atoms with E-state index in [1.165, 1.54) is 0 Å². The van der Waals surface area contributed by atoms with Crippen LogP contribution in [0.25, 0.3) is 0 Å². The summed E-state index contributed by atoms with van der Waals surface area (Å²) in [4.78, 5) is 0. The Kier molecular flexibility index (Phi) is 2.71. The topological polar surface area (TPSA) is 35.8 Å². The van der Waals surface area contributed by atoms with Crippen molar-refractivity contribution in [2.75, 3.05) is 11.9 Å². The van der Waals surface area contributed by atoms with Crippen LogP contribution in [0.2, 0.25) is 0 Å². The Morgan fingerprint density at radius 1 is 1.50 bits per heavy atom. The normalized spacial score (nSPS) is 9.08. The van der Waals surface area contributed by atoms with Crippen LogP contribution in [0.4, 0.5) is 5.69 Å². The van der Waals surface area contributed by atoms with Crippen molar-refractivity contribution in [3.05, 3.63) is 29.3 Å². The van der Waals surface area contributed by atoms with Crippen molar-refractivity contribution in [1.82, 2.24) is 0 Å². The van der Waals surface area contributed by atoms with Gasteiger partial charge in [-0.2, -0.15) is 5.26 Å². The second kappa shape index (κ2) is 3.77. The van der Waals surface area contributed by atoms with Crippen LogP contribution in [-0.4, -0.2) is 6.54 Å². The highest BCUT2D eigenvalue weighted by molar-refractivity contribution is 5.53. The monoisotopic (exact) mass is 160 g/mol. The molecule has 12 heavy (non-hydrogen) atoms. The number of benzene rings is 1. The summed E-state index contributed by atoms with van der Waals surface area (Å²) in [5.74, 6) is 0. The quantitative estimate of drug-likeness (QED) is 0.720. The SMILES string of the molecule is CCNc1ccc(C#N)cc1C. The largest absolute Gasteiger partial charge is 0.385 e. The third kappa shape index (κ3) is 1.76. The number of nitrogens with zero attached hydrogens (tertiary/aromatic N) is 1. The Bertz CT molecular complexity index is 310. The van der Waals surface area contributed by atoms with Gasteiger partial charge in [-0.1, -0.05) is 0 Å². The fourth-order valence-electron chi connectivity index (χ4n) is 1.12. The van der Waals surface area contributed by atoms with Gasteiger partial charge < -0.3 is 5.32 Å². The van der Waals surface area contributed by atoms with E-state index in [1.54, 1.807) is 0 Å². The highest BCUT2D eigenvalue weighted by Crippen LogP contribution is 2.15. The number of hydrogen-bond donors (Lipinski definition) is 1. The van der Waals surface area contributed by atoms with Gasteiger partial charge in [0.2, 0.25) is 0 Å². The van der Waals surface area contributed by atoms with E-state index in [2.05, 4.69) is 18.3 Å². The lowest BCUT2D eigenvalue weighted by Crippen LogP contribution is -1.98. The zero-order chi connectivity index (χ0) is 8.97. The van der Waals surface area contributed by atoms with Gasteiger partial charge in [-0.3, -0.25) is 0 Å². The number of anilines is 1. The van der Waals surface area contributed by atoms with E-state index >= 15 is 0 Å². The van der Waals surface area contributed by atoms with Crippen molar-refractivity contribution >= 4 is 5.69 Å². The summed E-state index contributed by atoms with van der Waals surface area (Å²) < 4.78 is 0. The molecule has 0 aliphatic carbocycles. The molecule has 0 saturated carbocycles. The van der Waals surface area contributed by atoms with E-state index in [4.69, 9.17) is 5.26 Å². The molecule has 0 spiro atoms.